The van der Waals surface area contributed by atoms with Crippen LogP contribution in [0.4, 0.5) is 0 Å². The molecular weight excluding hydrogens is 757 g/mol. The summed E-state index contributed by atoms with van der Waals surface area (Å²) in [7, 11) is -4.78. The molecule has 0 radical (unpaired) electrons. The number of carboxylic acid groups (broad SMARTS) is 1. The molecule has 1 aliphatic carbocycles. The largest absolute Gasteiger partial charge is 0.480 e. The Morgan fingerprint density at radius 3 is 2.02 bits per heavy atom. The minimum atomic E-state index is -4.78. The van der Waals surface area contributed by atoms with E-state index in [0.717, 1.165) is 70.6 Å². The molecule has 1 rings (SSSR count). The zero-order chi connectivity index (χ0) is 42.3. The Hall–Kier alpha value is -2.45. The molecule has 15 heteroatoms. The number of ketones is 1. The number of carbonyl (C=O) groups excluding carboxylic acids is 3. The van der Waals surface area contributed by atoms with E-state index in [1.165, 1.54) is 25.7 Å². The van der Waals surface area contributed by atoms with Crippen molar-refractivity contribution >= 4 is 31.5 Å². The number of rotatable bonds is 36. The number of aliphatic carboxylic acids is 1. The molecule has 0 saturated heterocycles. The fraction of sp³-hybridized carbons (Fsp3) is 0.810. The number of Topliss-reactive ketones (excluding diaryl/α,β-unsaturated/α-hetero) is 1. The van der Waals surface area contributed by atoms with Gasteiger partial charge >= 0.3 is 25.7 Å². The zero-order valence-corrected chi connectivity index (χ0v) is 35.5. The molecular formula is C42H74NO13P. The van der Waals surface area contributed by atoms with E-state index in [2.05, 4.69) is 30.5 Å². The predicted octanol–water partition coefficient (Wildman–Crippen LogP) is 7.65. The maximum Gasteiger partial charge on any atom is 0.472 e. The van der Waals surface area contributed by atoms with E-state index in [1.807, 2.05) is 0 Å². The summed E-state index contributed by atoms with van der Waals surface area (Å²) >= 11 is 0. The molecule has 6 N–H and O–H groups in total. The van der Waals surface area contributed by atoms with Gasteiger partial charge in [-0.05, 0) is 57.3 Å². The molecule has 0 aromatic carbocycles. The number of esters is 2. The van der Waals surface area contributed by atoms with E-state index in [-0.39, 0.29) is 31.0 Å². The van der Waals surface area contributed by atoms with Gasteiger partial charge in [0.25, 0.3) is 0 Å². The first-order chi connectivity index (χ1) is 27.3. The van der Waals surface area contributed by atoms with E-state index in [9.17, 15) is 38.8 Å². The van der Waals surface area contributed by atoms with Crippen LogP contribution in [0.3, 0.4) is 0 Å². The first-order valence-electron chi connectivity index (χ1n) is 21.5. The molecule has 0 aliphatic heterocycles. The Morgan fingerprint density at radius 1 is 0.807 bits per heavy atom. The van der Waals surface area contributed by atoms with Crippen molar-refractivity contribution < 1.29 is 62.5 Å². The highest BCUT2D eigenvalue weighted by molar-refractivity contribution is 7.47. The first-order valence-corrected chi connectivity index (χ1v) is 23.0. The van der Waals surface area contributed by atoms with Gasteiger partial charge in [-0.2, -0.15) is 0 Å². The van der Waals surface area contributed by atoms with Gasteiger partial charge in [-0.25, -0.2) is 4.57 Å². The molecule has 0 amide bonds. The number of phosphoric acid groups is 1. The molecule has 0 aromatic rings. The lowest BCUT2D eigenvalue weighted by Crippen LogP contribution is -2.34. The summed E-state index contributed by atoms with van der Waals surface area (Å²) in [6.07, 6.45) is 24.4. The Bertz CT molecular complexity index is 1230. The number of carboxylic acids is 1. The monoisotopic (exact) mass is 831 g/mol. The van der Waals surface area contributed by atoms with Crippen LogP contribution in [0.2, 0.25) is 0 Å². The standard InChI is InChI=1S/C42H74NO13P/c1-3-5-7-8-9-10-11-12-13-14-15-16-21-25-40(47)53-30-34(31-54-57(51,52)55-32-37(43)42(49)50)56-41(48)26-22-18-17-20-24-35-36(39(46)29-38(35)45)28-27-33(44)23-19-6-4-2/h10-11,27-28,33-38,44-45H,3-9,12-26,29-32,43H2,1-2H3,(H,49,50)(H,51,52)/b11-10-,28-27+/t33-,34+,35+,36+,37-,38-/m0/s1. The topological polar surface area (TPSA) is 229 Å². The molecule has 0 spiro atoms. The SMILES string of the molecule is CCCCCC/C=C\CCCCCCCC(=O)OC[C@H](COP(=O)(O)OC[C@H](N)C(=O)O)OC(=O)CCCCCC[C@H]1[C@@H](O)CC(=O)[C@@H]1/C=C/[C@@H](O)CCCCC. The first kappa shape index (κ1) is 52.6. The van der Waals surface area contributed by atoms with Crippen LogP contribution < -0.4 is 5.73 Å². The molecule has 1 fully saturated rings. The minimum Gasteiger partial charge on any atom is -0.480 e. The van der Waals surface area contributed by atoms with Gasteiger partial charge in [0.05, 0.1) is 25.4 Å². The van der Waals surface area contributed by atoms with Crippen LogP contribution in [0.5, 0.6) is 0 Å². The van der Waals surface area contributed by atoms with Crippen molar-refractivity contribution in [1.82, 2.24) is 0 Å². The summed E-state index contributed by atoms with van der Waals surface area (Å²) in [6.45, 7) is 2.42. The molecule has 0 heterocycles. The number of allylic oxidation sites excluding steroid dienone is 3. The molecule has 1 saturated carbocycles. The highest BCUT2D eigenvalue weighted by atomic mass is 31.2. The molecule has 7 atom stereocenters. The van der Waals surface area contributed by atoms with Crippen LogP contribution in [0, 0.1) is 11.8 Å². The summed E-state index contributed by atoms with van der Waals surface area (Å²) in [6, 6.07) is -1.56. The van der Waals surface area contributed by atoms with Gasteiger partial charge in [0, 0.05) is 25.2 Å². The van der Waals surface area contributed by atoms with E-state index in [1.54, 1.807) is 12.2 Å². The Labute approximate surface area is 340 Å². The number of carbonyl (C=O) groups is 4. The maximum absolute atomic E-state index is 12.7. The van der Waals surface area contributed by atoms with Crippen LogP contribution in [0.25, 0.3) is 0 Å². The quantitative estimate of drug-likeness (QED) is 0.0177. The Morgan fingerprint density at radius 2 is 1.37 bits per heavy atom. The van der Waals surface area contributed by atoms with Crippen LogP contribution in [-0.2, 0) is 42.3 Å². The summed E-state index contributed by atoms with van der Waals surface area (Å²) in [5.41, 5.74) is 5.32. The normalized spacial score (nSPS) is 19.8. The molecule has 1 unspecified atom stereocenters. The van der Waals surface area contributed by atoms with Gasteiger partial charge in [-0.1, -0.05) is 115 Å². The van der Waals surface area contributed by atoms with Gasteiger partial charge in [-0.3, -0.25) is 28.2 Å². The third kappa shape index (κ3) is 27.0. The fourth-order valence-corrected chi connectivity index (χ4v) is 7.39. The second-order valence-electron chi connectivity index (χ2n) is 15.3. The van der Waals surface area contributed by atoms with Crippen LogP contribution in [0.15, 0.2) is 24.3 Å². The van der Waals surface area contributed by atoms with Gasteiger partial charge in [0.1, 0.15) is 18.4 Å². The maximum atomic E-state index is 12.7. The third-order valence-electron chi connectivity index (χ3n) is 10.1. The predicted molar refractivity (Wildman–Crippen MR) is 218 cm³/mol. The molecule has 330 valence electrons. The van der Waals surface area contributed by atoms with E-state index < -0.39 is 75.8 Å². The average Bonchev–Trinajstić information content (AvgIpc) is 3.44. The van der Waals surface area contributed by atoms with Crippen molar-refractivity contribution in [3.63, 3.8) is 0 Å². The highest BCUT2D eigenvalue weighted by Crippen LogP contribution is 2.43. The van der Waals surface area contributed by atoms with Crippen molar-refractivity contribution in [3.8, 4) is 0 Å². The van der Waals surface area contributed by atoms with Crippen molar-refractivity contribution in [2.24, 2.45) is 17.6 Å². The lowest BCUT2D eigenvalue weighted by atomic mass is 9.88. The number of hydrogen-bond acceptors (Lipinski definition) is 12. The second-order valence-corrected chi connectivity index (χ2v) is 16.7. The Balaban J connectivity index is 2.51. The van der Waals surface area contributed by atoms with E-state index in [0.29, 0.717) is 32.1 Å². The summed E-state index contributed by atoms with van der Waals surface area (Å²) in [5.74, 6) is -3.25. The number of nitrogens with two attached hydrogens (primary N) is 1. The van der Waals surface area contributed by atoms with Crippen LogP contribution >= 0.6 is 7.82 Å². The summed E-state index contributed by atoms with van der Waals surface area (Å²) < 4.78 is 32.6. The van der Waals surface area contributed by atoms with Crippen LogP contribution in [-0.4, -0.2) is 88.1 Å². The molecule has 57 heavy (non-hydrogen) atoms. The Kier molecular flexibility index (Phi) is 29.9. The number of unbranched alkanes of at least 4 members (excludes halogenated alkanes) is 14. The number of aliphatic hydroxyl groups is 2. The molecule has 0 aromatic heterocycles. The molecule has 0 bridgehead atoms. The lowest BCUT2D eigenvalue weighted by molar-refractivity contribution is -0.161. The zero-order valence-electron chi connectivity index (χ0n) is 34.6. The van der Waals surface area contributed by atoms with Crippen molar-refractivity contribution in [3.05, 3.63) is 24.3 Å². The van der Waals surface area contributed by atoms with Crippen molar-refractivity contribution in [2.45, 2.75) is 186 Å². The van der Waals surface area contributed by atoms with E-state index >= 15 is 0 Å². The number of phosphoric ester groups is 1. The second kappa shape index (κ2) is 32.4. The molecule has 1 aliphatic rings. The fourth-order valence-electron chi connectivity index (χ4n) is 6.61. The minimum absolute atomic E-state index is 0.0196. The van der Waals surface area contributed by atoms with Gasteiger partial charge in [-0.15, -0.1) is 0 Å². The van der Waals surface area contributed by atoms with Crippen molar-refractivity contribution in [2.75, 3.05) is 19.8 Å². The lowest BCUT2D eigenvalue weighted by Gasteiger charge is -2.20. The smallest absolute Gasteiger partial charge is 0.472 e. The van der Waals surface area contributed by atoms with Gasteiger partial charge < -0.3 is 35.4 Å². The van der Waals surface area contributed by atoms with Crippen molar-refractivity contribution in [1.29, 1.82) is 0 Å². The highest BCUT2D eigenvalue weighted by Gasteiger charge is 2.39. The average molecular weight is 832 g/mol. The third-order valence-corrected chi connectivity index (χ3v) is 11.0. The van der Waals surface area contributed by atoms with Gasteiger partial charge in [0.2, 0.25) is 0 Å². The molecule has 14 nitrogen and oxygen atoms in total. The summed E-state index contributed by atoms with van der Waals surface area (Å²) in [5, 5.41) is 29.6. The van der Waals surface area contributed by atoms with E-state index in [4.69, 9.17) is 24.8 Å². The van der Waals surface area contributed by atoms with Gasteiger partial charge in [0.15, 0.2) is 6.10 Å². The number of ether oxygens (including phenoxy) is 2. The number of hydrogen-bond donors (Lipinski definition) is 5. The van der Waals surface area contributed by atoms with Crippen LogP contribution in [0.1, 0.15) is 162 Å². The number of aliphatic hydroxyl groups excluding tert-OH is 2. The summed E-state index contributed by atoms with van der Waals surface area (Å²) in [4.78, 5) is 58.6.